The predicted molar refractivity (Wildman–Crippen MR) is 38.8 cm³/mol. The van der Waals surface area contributed by atoms with Gasteiger partial charge in [0.05, 0.1) is 5.60 Å². The van der Waals surface area contributed by atoms with Crippen molar-refractivity contribution in [2.45, 2.75) is 50.8 Å². The molecule has 1 aliphatic heterocycles. The van der Waals surface area contributed by atoms with Gasteiger partial charge in [-0.15, -0.1) is 0 Å². The Kier molecular flexibility index (Phi) is 1.67. The Morgan fingerprint density at radius 2 is 2.27 bits per heavy atom. The van der Waals surface area contributed by atoms with E-state index < -0.39 is 6.29 Å². The minimum Gasteiger partial charge on any atom is -0.368 e. The lowest BCUT2D eigenvalue weighted by Gasteiger charge is -2.14. The van der Waals surface area contributed by atoms with E-state index in [1.54, 1.807) is 6.92 Å². The Balaban J connectivity index is 1.80. The van der Waals surface area contributed by atoms with Crippen molar-refractivity contribution in [3.63, 3.8) is 0 Å². The number of aliphatic hydroxyl groups excluding tert-OH is 1. The summed E-state index contributed by atoms with van der Waals surface area (Å²) in [6.07, 6.45) is 3.53. The molecule has 2 fully saturated rings. The van der Waals surface area contributed by atoms with Gasteiger partial charge in [-0.25, -0.2) is 0 Å². The van der Waals surface area contributed by atoms with Crippen molar-refractivity contribution in [1.82, 2.24) is 0 Å². The Morgan fingerprint density at radius 3 is 2.73 bits per heavy atom. The first kappa shape index (κ1) is 7.53. The molecule has 0 bridgehead atoms. The fraction of sp³-hybridized carbons (Fsp3) is 1.00. The van der Waals surface area contributed by atoms with Crippen LogP contribution in [-0.2, 0) is 9.47 Å². The molecule has 1 N–H and O–H groups in total. The molecule has 0 aromatic carbocycles. The van der Waals surface area contributed by atoms with E-state index in [4.69, 9.17) is 14.6 Å². The van der Waals surface area contributed by atoms with E-state index in [2.05, 4.69) is 0 Å². The summed E-state index contributed by atoms with van der Waals surface area (Å²) in [4.78, 5) is 0. The van der Waals surface area contributed by atoms with Crippen LogP contribution in [0.15, 0.2) is 0 Å². The molecule has 0 aromatic rings. The highest BCUT2D eigenvalue weighted by molar-refractivity contribution is 4.99. The first-order valence-electron chi connectivity index (χ1n) is 4.22. The SMILES string of the molecule is CC(O)OC1CCC2(CC2)O1. The standard InChI is InChI=1S/C8H14O3/c1-6(9)10-7-2-3-8(11-7)4-5-8/h6-7,9H,2-5H2,1H3. The minimum absolute atomic E-state index is 0.155. The zero-order valence-electron chi connectivity index (χ0n) is 6.75. The molecule has 3 nitrogen and oxygen atoms in total. The molecule has 2 rings (SSSR count). The van der Waals surface area contributed by atoms with E-state index in [0.29, 0.717) is 0 Å². The topological polar surface area (TPSA) is 38.7 Å². The quantitative estimate of drug-likeness (QED) is 0.609. The van der Waals surface area contributed by atoms with E-state index in [0.717, 1.165) is 12.8 Å². The third-order valence-corrected chi connectivity index (χ3v) is 2.37. The second-order valence-corrected chi connectivity index (χ2v) is 3.50. The van der Waals surface area contributed by atoms with Crippen LogP contribution in [0.25, 0.3) is 0 Å². The van der Waals surface area contributed by atoms with Gasteiger partial charge in [-0.3, -0.25) is 0 Å². The van der Waals surface area contributed by atoms with Crippen LogP contribution in [0.2, 0.25) is 0 Å². The van der Waals surface area contributed by atoms with E-state index in [9.17, 15) is 0 Å². The second kappa shape index (κ2) is 2.44. The molecule has 1 spiro atoms. The Bertz CT molecular complexity index is 151. The second-order valence-electron chi connectivity index (χ2n) is 3.50. The molecule has 2 atom stereocenters. The van der Waals surface area contributed by atoms with E-state index in [1.165, 1.54) is 12.8 Å². The van der Waals surface area contributed by atoms with Gasteiger partial charge in [-0.1, -0.05) is 0 Å². The fourth-order valence-corrected chi connectivity index (χ4v) is 1.60. The summed E-state index contributed by atoms with van der Waals surface area (Å²) in [6, 6.07) is 0. The lowest BCUT2D eigenvalue weighted by Crippen LogP contribution is -2.20. The zero-order valence-corrected chi connectivity index (χ0v) is 6.75. The molecule has 64 valence electrons. The van der Waals surface area contributed by atoms with Crippen LogP contribution in [-0.4, -0.2) is 23.3 Å². The first-order valence-corrected chi connectivity index (χ1v) is 4.22. The largest absolute Gasteiger partial charge is 0.368 e. The highest BCUT2D eigenvalue weighted by Crippen LogP contribution is 2.49. The van der Waals surface area contributed by atoms with Crippen LogP contribution >= 0.6 is 0 Å². The maximum Gasteiger partial charge on any atom is 0.161 e. The van der Waals surface area contributed by atoms with Gasteiger partial charge in [0.2, 0.25) is 0 Å². The highest BCUT2D eigenvalue weighted by Gasteiger charge is 2.50. The third-order valence-electron chi connectivity index (χ3n) is 2.37. The summed E-state index contributed by atoms with van der Waals surface area (Å²) in [5, 5.41) is 8.90. The summed E-state index contributed by atoms with van der Waals surface area (Å²) in [7, 11) is 0. The maximum atomic E-state index is 8.90. The lowest BCUT2D eigenvalue weighted by molar-refractivity contribution is -0.218. The van der Waals surface area contributed by atoms with Crippen molar-refractivity contribution < 1.29 is 14.6 Å². The number of rotatable bonds is 2. The van der Waals surface area contributed by atoms with Crippen molar-refractivity contribution >= 4 is 0 Å². The zero-order chi connectivity index (χ0) is 7.90. The van der Waals surface area contributed by atoms with Gasteiger partial charge in [-0.2, -0.15) is 0 Å². The van der Waals surface area contributed by atoms with Crippen molar-refractivity contribution in [2.75, 3.05) is 0 Å². The summed E-state index contributed by atoms with van der Waals surface area (Å²) < 4.78 is 10.7. The molecule has 1 saturated heterocycles. The van der Waals surface area contributed by atoms with Crippen LogP contribution in [0.4, 0.5) is 0 Å². The number of aliphatic hydroxyl groups is 1. The normalized spacial score (nSPS) is 36.0. The number of hydrogen-bond acceptors (Lipinski definition) is 3. The molecule has 1 heterocycles. The van der Waals surface area contributed by atoms with Crippen molar-refractivity contribution in [1.29, 1.82) is 0 Å². The molecule has 1 saturated carbocycles. The average molecular weight is 158 g/mol. The van der Waals surface area contributed by atoms with Crippen molar-refractivity contribution in [3.8, 4) is 0 Å². The molecule has 2 aliphatic rings. The highest BCUT2D eigenvalue weighted by atomic mass is 16.7. The maximum absolute atomic E-state index is 8.90. The van der Waals surface area contributed by atoms with Crippen LogP contribution in [0.1, 0.15) is 32.6 Å². The van der Waals surface area contributed by atoms with Crippen LogP contribution in [0.5, 0.6) is 0 Å². The van der Waals surface area contributed by atoms with Gasteiger partial charge in [0.1, 0.15) is 0 Å². The van der Waals surface area contributed by atoms with Crippen LogP contribution in [0, 0.1) is 0 Å². The van der Waals surface area contributed by atoms with Crippen LogP contribution < -0.4 is 0 Å². The molecule has 2 unspecified atom stereocenters. The van der Waals surface area contributed by atoms with Gasteiger partial charge in [-0.05, 0) is 26.2 Å². The summed E-state index contributed by atoms with van der Waals surface area (Å²) >= 11 is 0. The molecule has 1 aliphatic carbocycles. The van der Waals surface area contributed by atoms with E-state index >= 15 is 0 Å². The van der Waals surface area contributed by atoms with E-state index in [-0.39, 0.29) is 11.9 Å². The van der Waals surface area contributed by atoms with Crippen molar-refractivity contribution in [2.24, 2.45) is 0 Å². The van der Waals surface area contributed by atoms with E-state index in [1.807, 2.05) is 0 Å². The molecule has 3 heteroatoms. The van der Waals surface area contributed by atoms with Gasteiger partial charge in [0, 0.05) is 6.42 Å². The molecule has 0 aromatic heterocycles. The van der Waals surface area contributed by atoms with Gasteiger partial charge < -0.3 is 14.6 Å². The fourth-order valence-electron chi connectivity index (χ4n) is 1.60. The summed E-state index contributed by atoms with van der Waals surface area (Å²) in [5.41, 5.74) is 0.166. The molecular weight excluding hydrogens is 144 g/mol. The number of hydrogen-bond donors (Lipinski definition) is 1. The Morgan fingerprint density at radius 1 is 1.55 bits per heavy atom. The summed E-state index contributed by atoms with van der Waals surface area (Å²) in [6.45, 7) is 1.61. The lowest BCUT2D eigenvalue weighted by atomic mass is 10.2. The summed E-state index contributed by atoms with van der Waals surface area (Å²) in [5.74, 6) is 0. The predicted octanol–water partition coefficient (Wildman–Crippen LogP) is 1.01. The molecular formula is C8H14O3. The Labute approximate surface area is 66.3 Å². The first-order chi connectivity index (χ1) is 5.20. The van der Waals surface area contributed by atoms with Crippen LogP contribution in [0.3, 0.4) is 0 Å². The van der Waals surface area contributed by atoms with Crippen molar-refractivity contribution in [3.05, 3.63) is 0 Å². The third kappa shape index (κ3) is 1.55. The van der Waals surface area contributed by atoms with Gasteiger partial charge in [0.25, 0.3) is 0 Å². The smallest absolute Gasteiger partial charge is 0.161 e. The Hall–Kier alpha value is -0.120. The number of ether oxygens (including phenoxy) is 2. The van der Waals surface area contributed by atoms with Gasteiger partial charge in [0.15, 0.2) is 12.6 Å². The monoisotopic (exact) mass is 158 g/mol. The van der Waals surface area contributed by atoms with Gasteiger partial charge >= 0.3 is 0 Å². The average Bonchev–Trinajstić information content (AvgIpc) is 2.51. The molecule has 0 radical (unpaired) electrons. The molecule has 0 amide bonds. The molecule has 11 heavy (non-hydrogen) atoms. The minimum atomic E-state index is -0.700.